The van der Waals surface area contributed by atoms with E-state index in [1.54, 1.807) is 27.4 Å². The van der Waals surface area contributed by atoms with E-state index < -0.39 is 0 Å². The Balaban J connectivity index is 3.08. The first-order valence-corrected chi connectivity index (χ1v) is 5.84. The minimum absolute atomic E-state index is 0.128. The lowest BCUT2D eigenvalue weighted by Gasteiger charge is -2.18. The number of rotatable bonds is 7. The largest absolute Gasteiger partial charge is 0.496 e. The molecule has 0 saturated carbocycles. The summed E-state index contributed by atoms with van der Waals surface area (Å²) in [5, 5.41) is 8.84. The molecule has 1 aromatic rings. The quantitative estimate of drug-likeness (QED) is 0.772. The topological polar surface area (TPSA) is 73.9 Å². The van der Waals surface area contributed by atoms with Gasteiger partial charge in [-0.2, -0.15) is 0 Å². The van der Waals surface area contributed by atoms with Gasteiger partial charge in [-0.3, -0.25) is 0 Å². The number of aliphatic hydroxyl groups is 1. The molecular weight excluding hydrogens is 234 g/mol. The van der Waals surface area contributed by atoms with E-state index in [0.29, 0.717) is 30.1 Å². The number of aliphatic hydroxyl groups excluding tert-OH is 1. The lowest BCUT2D eigenvalue weighted by molar-refractivity contribution is 0.279. The highest BCUT2D eigenvalue weighted by atomic mass is 16.5. The van der Waals surface area contributed by atoms with Crippen LogP contribution in [0.1, 0.15) is 24.4 Å². The molecule has 0 aliphatic heterocycles. The van der Waals surface area contributed by atoms with Gasteiger partial charge in [0.05, 0.1) is 21.3 Å². The molecular formula is C13H21NO4. The Hall–Kier alpha value is -1.46. The summed E-state index contributed by atoms with van der Waals surface area (Å²) in [5.74, 6) is 1.89. The van der Waals surface area contributed by atoms with E-state index in [0.717, 1.165) is 5.56 Å². The molecule has 1 aromatic carbocycles. The van der Waals surface area contributed by atoms with Gasteiger partial charge in [-0.05, 0) is 18.9 Å². The van der Waals surface area contributed by atoms with Crippen LogP contribution in [0.15, 0.2) is 12.1 Å². The number of benzene rings is 1. The summed E-state index contributed by atoms with van der Waals surface area (Å²) in [6, 6.07) is 3.37. The van der Waals surface area contributed by atoms with Crippen LogP contribution in [-0.4, -0.2) is 33.0 Å². The zero-order valence-electron chi connectivity index (χ0n) is 11.1. The summed E-state index contributed by atoms with van der Waals surface area (Å²) in [6.07, 6.45) is 1.33. The van der Waals surface area contributed by atoms with E-state index >= 15 is 0 Å². The summed E-state index contributed by atoms with van der Waals surface area (Å²) in [5.41, 5.74) is 6.94. The zero-order valence-corrected chi connectivity index (χ0v) is 11.1. The van der Waals surface area contributed by atoms with Gasteiger partial charge >= 0.3 is 0 Å². The molecule has 0 unspecified atom stereocenters. The molecule has 0 aromatic heterocycles. The highest BCUT2D eigenvalue weighted by Crippen LogP contribution is 2.37. The average molecular weight is 255 g/mol. The Kier molecular flexibility index (Phi) is 5.74. The lowest BCUT2D eigenvalue weighted by Crippen LogP contribution is -2.12. The maximum atomic E-state index is 8.84. The van der Waals surface area contributed by atoms with Gasteiger partial charge in [0.15, 0.2) is 11.5 Å². The van der Waals surface area contributed by atoms with Gasteiger partial charge in [0, 0.05) is 24.3 Å². The zero-order chi connectivity index (χ0) is 13.5. The lowest BCUT2D eigenvalue weighted by atomic mass is 10.0. The molecule has 0 saturated heterocycles. The molecule has 0 bridgehead atoms. The van der Waals surface area contributed by atoms with Gasteiger partial charge in [-0.1, -0.05) is 0 Å². The molecule has 102 valence electrons. The maximum Gasteiger partial charge on any atom is 0.164 e. The second-order valence-corrected chi connectivity index (χ2v) is 3.92. The van der Waals surface area contributed by atoms with Crippen molar-refractivity contribution in [2.45, 2.75) is 18.9 Å². The molecule has 0 spiro atoms. The van der Waals surface area contributed by atoms with E-state index in [9.17, 15) is 0 Å². The molecule has 18 heavy (non-hydrogen) atoms. The Labute approximate surface area is 107 Å². The monoisotopic (exact) mass is 255 g/mol. The second-order valence-electron chi connectivity index (χ2n) is 3.92. The fourth-order valence-corrected chi connectivity index (χ4v) is 1.81. The van der Waals surface area contributed by atoms with Crippen molar-refractivity contribution in [3.8, 4) is 17.2 Å². The number of methoxy groups -OCH3 is 3. The SMILES string of the molecule is COc1cc(OC)c([C@H](N)CCCO)cc1OC. The van der Waals surface area contributed by atoms with Crippen LogP contribution in [0.5, 0.6) is 17.2 Å². The molecule has 3 N–H and O–H groups in total. The first-order valence-electron chi connectivity index (χ1n) is 5.84. The van der Waals surface area contributed by atoms with Gasteiger partial charge in [0.25, 0.3) is 0 Å². The van der Waals surface area contributed by atoms with Gasteiger partial charge in [0.2, 0.25) is 0 Å². The second kappa shape index (κ2) is 7.08. The van der Waals surface area contributed by atoms with Crippen molar-refractivity contribution in [1.82, 2.24) is 0 Å². The Morgan fingerprint density at radius 3 is 2.11 bits per heavy atom. The van der Waals surface area contributed by atoms with Crippen molar-refractivity contribution in [3.63, 3.8) is 0 Å². The highest BCUT2D eigenvalue weighted by Gasteiger charge is 2.16. The van der Waals surface area contributed by atoms with Crippen molar-refractivity contribution in [2.75, 3.05) is 27.9 Å². The number of nitrogens with two attached hydrogens (primary N) is 1. The van der Waals surface area contributed by atoms with Crippen molar-refractivity contribution >= 4 is 0 Å². The van der Waals surface area contributed by atoms with Crippen molar-refractivity contribution in [1.29, 1.82) is 0 Å². The van der Waals surface area contributed by atoms with Crippen molar-refractivity contribution in [2.24, 2.45) is 5.73 Å². The summed E-state index contributed by atoms with van der Waals surface area (Å²) < 4.78 is 15.8. The van der Waals surface area contributed by atoms with Crippen LogP contribution in [0, 0.1) is 0 Å². The minimum Gasteiger partial charge on any atom is -0.496 e. The third kappa shape index (κ3) is 3.27. The van der Waals surface area contributed by atoms with E-state index in [2.05, 4.69) is 0 Å². The molecule has 5 nitrogen and oxygen atoms in total. The predicted molar refractivity (Wildman–Crippen MR) is 69.3 cm³/mol. The third-order valence-corrected chi connectivity index (χ3v) is 2.81. The first-order chi connectivity index (χ1) is 8.67. The first kappa shape index (κ1) is 14.6. The normalized spacial score (nSPS) is 12.1. The van der Waals surface area contributed by atoms with Gasteiger partial charge in [-0.25, -0.2) is 0 Å². The molecule has 0 radical (unpaired) electrons. The smallest absolute Gasteiger partial charge is 0.164 e. The molecule has 5 heteroatoms. The summed E-state index contributed by atoms with van der Waals surface area (Å²) in [7, 11) is 4.74. The van der Waals surface area contributed by atoms with Gasteiger partial charge in [0.1, 0.15) is 5.75 Å². The van der Waals surface area contributed by atoms with Crippen LogP contribution < -0.4 is 19.9 Å². The molecule has 0 heterocycles. The molecule has 0 fully saturated rings. The van der Waals surface area contributed by atoms with E-state index in [4.69, 9.17) is 25.1 Å². The molecule has 1 atom stereocenters. The fraction of sp³-hybridized carbons (Fsp3) is 0.538. The molecule has 0 aliphatic carbocycles. The van der Waals surface area contributed by atoms with Crippen LogP contribution in [-0.2, 0) is 0 Å². The van der Waals surface area contributed by atoms with Crippen LogP contribution in [0.25, 0.3) is 0 Å². The van der Waals surface area contributed by atoms with Crippen LogP contribution in [0.4, 0.5) is 0 Å². The number of hydrogen-bond acceptors (Lipinski definition) is 5. The van der Waals surface area contributed by atoms with Crippen molar-refractivity contribution in [3.05, 3.63) is 17.7 Å². The minimum atomic E-state index is -0.202. The van der Waals surface area contributed by atoms with Crippen LogP contribution >= 0.6 is 0 Å². The number of ether oxygens (including phenoxy) is 3. The van der Waals surface area contributed by atoms with Gasteiger partial charge < -0.3 is 25.1 Å². The molecule has 1 rings (SSSR count). The van der Waals surface area contributed by atoms with E-state index in [-0.39, 0.29) is 12.6 Å². The van der Waals surface area contributed by atoms with E-state index in [1.165, 1.54) is 0 Å². The predicted octanol–water partition coefficient (Wildman–Crippen LogP) is 1.48. The Morgan fingerprint density at radius 1 is 1.06 bits per heavy atom. The molecule has 0 amide bonds. The Morgan fingerprint density at radius 2 is 1.61 bits per heavy atom. The summed E-state index contributed by atoms with van der Waals surface area (Å²) in [4.78, 5) is 0. The standard InChI is InChI=1S/C13H21NO4/c1-16-11-8-13(18-3)12(17-2)7-9(11)10(14)5-4-6-15/h7-8,10,15H,4-6,14H2,1-3H3/t10-/m1/s1. The summed E-state index contributed by atoms with van der Waals surface area (Å²) in [6.45, 7) is 0.128. The van der Waals surface area contributed by atoms with Crippen LogP contribution in [0.2, 0.25) is 0 Å². The average Bonchev–Trinajstić information content (AvgIpc) is 2.42. The van der Waals surface area contributed by atoms with Gasteiger partial charge in [-0.15, -0.1) is 0 Å². The Bertz CT molecular complexity index is 381. The maximum absolute atomic E-state index is 8.84. The summed E-state index contributed by atoms with van der Waals surface area (Å²) >= 11 is 0. The third-order valence-electron chi connectivity index (χ3n) is 2.81. The molecule has 0 aliphatic rings. The number of hydrogen-bond donors (Lipinski definition) is 2. The van der Waals surface area contributed by atoms with E-state index in [1.807, 2.05) is 6.07 Å². The van der Waals surface area contributed by atoms with Crippen molar-refractivity contribution < 1.29 is 19.3 Å². The van der Waals surface area contributed by atoms with Crippen LogP contribution in [0.3, 0.4) is 0 Å². The fourth-order valence-electron chi connectivity index (χ4n) is 1.81. The highest BCUT2D eigenvalue weighted by molar-refractivity contribution is 5.51.